The van der Waals surface area contributed by atoms with Crippen LogP contribution in [0.4, 0.5) is 5.69 Å². The summed E-state index contributed by atoms with van der Waals surface area (Å²) in [4.78, 5) is 0.200. The van der Waals surface area contributed by atoms with Crippen LogP contribution in [-0.2, 0) is 16.6 Å². The molecule has 0 aliphatic heterocycles. The topological polar surface area (TPSA) is 72.2 Å². The van der Waals surface area contributed by atoms with E-state index in [0.29, 0.717) is 16.7 Å². The molecule has 0 spiro atoms. The smallest absolute Gasteiger partial charge is 0.261 e. The fraction of sp³-hybridized carbons (Fsp3) is 0.0769. The number of sulfonamides is 1. The van der Waals surface area contributed by atoms with Gasteiger partial charge < -0.3 is 5.73 Å². The van der Waals surface area contributed by atoms with Gasteiger partial charge in [-0.05, 0) is 45.8 Å². The van der Waals surface area contributed by atoms with Crippen molar-refractivity contribution >= 4 is 31.6 Å². The zero-order valence-electron chi connectivity index (χ0n) is 10.0. The van der Waals surface area contributed by atoms with E-state index in [9.17, 15) is 8.42 Å². The SMILES string of the molecule is NCc1cccc(S(=O)(=O)Nc2ccccc2Br)c1. The standard InChI is InChI=1S/C13H13BrN2O2S/c14-12-6-1-2-7-13(12)16-19(17,18)11-5-3-4-10(8-11)9-15/h1-8,16H,9,15H2. The summed E-state index contributed by atoms with van der Waals surface area (Å²) in [5.41, 5.74) is 6.79. The van der Waals surface area contributed by atoms with Gasteiger partial charge in [-0.25, -0.2) is 8.42 Å². The highest BCUT2D eigenvalue weighted by Gasteiger charge is 2.15. The minimum Gasteiger partial charge on any atom is -0.326 e. The van der Waals surface area contributed by atoms with Crippen molar-refractivity contribution in [2.75, 3.05) is 4.72 Å². The zero-order valence-corrected chi connectivity index (χ0v) is 12.4. The predicted molar refractivity (Wildman–Crippen MR) is 79.3 cm³/mol. The minimum atomic E-state index is -3.60. The highest BCUT2D eigenvalue weighted by molar-refractivity contribution is 9.10. The Kier molecular flexibility index (Phi) is 4.24. The van der Waals surface area contributed by atoms with E-state index in [1.165, 1.54) is 0 Å². The number of rotatable bonds is 4. The number of hydrogen-bond donors (Lipinski definition) is 2. The third-order valence-corrected chi connectivity index (χ3v) is 4.62. The molecule has 0 heterocycles. The fourth-order valence-electron chi connectivity index (χ4n) is 1.59. The molecule has 0 fully saturated rings. The van der Waals surface area contributed by atoms with Crippen LogP contribution >= 0.6 is 15.9 Å². The summed E-state index contributed by atoms with van der Waals surface area (Å²) >= 11 is 3.30. The Labute approximate surface area is 120 Å². The van der Waals surface area contributed by atoms with Crippen molar-refractivity contribution in [2.45, 2.75) is 11.4 Å². The molecule has 0 saturated heterocycles. The lowest BCUT2D eigenvalue weighted by atomic mass is 10.2. The molecule has 0 saturated carbocycles. The highest BCUT2D eigenvalue weighted by atomic mass is 79.9. The van der Waals surface area contributed by atoms with Crippen LogP contribution in [0.3, 0.4) is 0 Å². The molecule has 0 aliphatic carbocycles. The summed E-state index contributed by atoms with van der Waals surface area (Å²) in [5, 5.41) is 0. The lowest BCUT2D eigenvalue weighted by Crippen LogP contribution is -2.13. The number of halogens is 1. The quantitative estimate of drug-likeness (QED) is 0.898. The van der Waals surface area contributed by atoms with Gasteiger partial charge in [0.05, 0.1) is 10.6 Å². The monoisotopic (exact) mass is 340 g/mol. The Morgan fingerprint density at radius 2 is 1.84 bits per heavy atom. The molecule has 0 aliphatic rings. The second-order valence-electron chi connectivity index (χ2n) is 3.94. The average Bonchev–Trinajstić information content (AvgIpc) is 2.41. The molecule has 0 atom stereocenters. The van der Waals surface area contributed by atoms with Crippen molar-refractivity contribution in [2.24, 2.45) is 5.73 Å². The van der Waals surface area contributed by atoms with Crippen LogP contribution in [0.2, 0.25) is 0 Å². The normalized spacial score (nSPS) is 11.3. The Morgan fingerprint density at radius 3 is 2.53 bits per heavy atom. The van der Waals surface area contributed by atoms with Crippen molar-refractivity contribution < 1.29 is 8.42 Å². The van der Waals surface area contributed by atoms with Gasteiger partial charge in [0.15, 0.2) is 0 Å². The molecule has 2 aromatic rings. The van der Waals surface area contributed by atoms with Crippen LogP contribution in [0.15, 0.2) is 57.9 Å². The zero-order chi connectivity index (χ0) is 13.9. The van der Waals surface area contributed by atoms with Crippen molar-refractivity contribution in [3.63, 3.8) is 0 Å². The predicted octanol–water partition coefficient (Wildman–Crippen LogP) is 2.71. The van der Waals surface area contributed by atoms with E-state index in [1.807, 2.05) is 6.07 Å². The fourth-order valence-corrected chi connectivity index (χ4v) is 3.25. The Hall–Kier alpha value is -1.37. The van der Waals surface area contributed by atoms with E-state index >= 15 is 0 Å². The summed E-state index contributed by atoms with van der Waals surface area (Å²) in [7, 11) is -3.60. The van der Waals surface area contributed by atoms with Crippen molar-refractivity contribution in [1.29, 1.82) is 0 Å². The molecule has 3 N–H and O–H groups in total. The van der Waals surface area contributed by atoms with E-state index in [2.05, 4.69) is 20.7 Å². The van der Waals surface area contributed by atoms with Gasteiger partial charge in [0.2, 0.25) is 0 Å². The van der Waals surface area contributed by atoms with Gasteiger partial charge in [-0.3, -0.25) is 4.72 Å². The largest absolute Gasteiger partial charge is 0.326 e. The van der Waals surface area contributed by atoms with Crippen molar-refractivity contribution in [3.8, 4) is 0 Å². The Bertz CT molecular complexity index is 687. The van der Waals surface area contributed by atoms with Gasteiger partial charge in [0, 0.05) is 11.0 Å². The van der Waals surface area contributed by atoms with E-state index in [-0.39, 0.29) is 4.90 Å². The maximum Gasteiger partial charge on any atom is 0.261 e. The molecule has 4 nitrogen and oxygen atoms in total. The highest BCUT2D eigenvalue weighted by Crippen LogP contribution is 2.24. The Morgan fingerprint density at radius 1 is 1.11 bits per heavy atom. The van der Waals surface area contributed by atoms with Gasteiger partial charge in [0.25, 0.3) is 10.0 Å². The van der Waals surface area contributed by atoms with E-state index < -0.39 is 10.0 Å². The van der Waals surface area contributed by atoms with Gasteiger partial charge in [-0.1, -0.05) is 24.3 Å². The number of hydrogen-bond acceptors (Lipinski definition) is 3. The van der Waals surface area contributed by atoms with Crippen LogP contribution in [0, 0.1) is 0 Å². The lowest BCUT2D eigenvalue weighted by molar-refractivity contribution is 0.601. The van der Waals surface area contributed by atoms with Crippen LogP contribution in [0.1, 0.15) is 5.56 Å². The summed E-state index contributed by atoms with van der Waals surface area (Å²) in [6.07, 6.45) is 0. The van der Waals surface area contributed by atoms with Crippen LogP contribution in [0.5, 0.6) is 0 Å². The molecule has 2 rings (SSSR count). The number of para-hydroxylation sites is 1. The molecule has 0 radical (unpaired) electrons. The molecule has 0 amide bonds. The lowest BCUT2D eigenvalue weighted by Gasteiger charge is -2.10. The van der Waals surface area contributed by atoms with Gasteiger partial charge in [-0.2, -0.15) is 0 Å². The first-order chi connectivity index (χ1) is 9.03. The maximum absolute atomic E-state index is 12.2. The van der Waals surface area contributed by atoms with Crippen LogP contribution in [0.25, 0.3) is 0 Å². The Balaban J connectivity index is 2.35. The summed E-state index contributed by atoms with van der Waals surface area (Å²) in [6.45, 7) is 0.304. The number of nitrogens with two attached hydrogens (primary N) is 1. The third kappa shape index (κ3) is 3.34. The number of benzene rings is 2. The molecular formula is C13H13BrN2O2S. The molecule has 0 unspecified atom stereocenters. The van der Waals surface area contributed by atoms with Crippen molar-refractivity contribution in [3.05, 3.63) is 58.6 Å². The average molecular weight is 341 g/mol. The van der Waals surface area contributed by atoms with E-state index in [1.54, 1.807) is 42.5 Å². The maximum atomic E-state index is 12.2. The molecule has 19 heavy (non-hydrogen) atoms. The van der Waals surface area contributed by atoms with Gasteiger partial charge in [0.1, 0.15) is 0 Å². The number of anilines is 1. The first-order valence-electron chi connectivity index (χ1n) is 5.59. The van der Waals surface area contributed by atoms with Gasteiger partial charge in [-0.15, -0.1) is 0 Å². The minimum absolute atomic E-state index is 0.200. The van der Waals surface area contributed by atoms with E-state index in [0.717, 1.165) is 5.56 Å². The summed E-state index contributed by atoms with van der Waals surface area (Å²) in [5.74, 6) is 0. The molecular weight excluding hydrogens is 328 g/mol. The molecule has 2 aromatic carbocycles. The summed E-state index contributed by atoms with van der Waals surface area (Å²) < 4.78 is 27.7. The molecule has 0 aromatic heterocycles. The first-order valence-corrected chi connectivity index (χ1v) is 7.87. The van der Waals surface area contributed by atoms with Crippen LogP contribution < -0.4 is 10.5 Å². The van der Waals surface area contributed by atoms with E-state index in [4.69, 9.17) is 5.73 Å². The molecule has 100 valence electrons. The second-order valence-corrected chi connectivity index (χ2v) is 6.47. The first kappa shape index (κ1) is 14.0. The summed E-state index contributed by atoms with van der Waals surface area (Å²) in [6, 6.07) is 13.6. The molecule has 0 bridgehead atoms. The molecule has 6 heteroatoms. The van der Waals surface area contributed by atoms with Crippen molar-refractivity contribution in [1.82, 2.24) is 0 Å². The number of nitrogens with one attached hydrogen (secondary N) is 1. The third-order valence-electron chi connectivity index (χ3n) is 2.56. The van der Waals surface area contributed by atoms with Gasteiger partial charge >= 0.3 is 0 Å². The van der Waals surface area contributed by atoms with Crippen LogP contribution in [-0.4, -0.2) is 8.42 Å². The second kappa shape index (κ2) is 5.73.